The van der Waals surface area contributed by atoms with Crippen molar-refractivity contribution in [3.05, 3.63) is 0 Å². The zero-order chi connectivity index (χ0) is 8.91. The molecule has 0 saturated heterocycles. The van der Waals surface area contributed by atoms with E-state index in [1.807, 2.05) is 0 Å². The molecule has 0 rings (SSSR count). The predicted octanol–water partition coefficient (Wildman–Crippen LogP) is 2.83. The quantitative estimate of drug-likeness (QED) is 0.667. The maximum absolute atomic E-state index is 8.83. The zero-order valence-electron chi connectivity index (χ0n) is 8.35. The minimum atomic E-state index is 0.335. The molecular formula is C10H22O. The Bertz CT molecular complexity index is 85.5. The van der Waals surface area contributed by atoms with E-state index in [-0.39, 0.29) is 0 Å². The highest BCUT2D eigenvalue weighted by Crippen LogP contribution is 2.31. The topological polar surface area (TPSA) is 20.2 Å². The van der Waals surface area contributed by atoms with Crippen molar-refractivity contribution in [1.82, 2.24) is 0 Å². The average Bonchev–Trinajstić information content (AvgIpc) is 1.85. The monoisotopic (exact) mass is 158 g/mol. The Hall–Kier alpha value is -0.0400. The van der Waals surface area contributed by atoms with Crippen molar-refractivity contribution < 1.29 is 5.11 Å². The summed E-state index contributed by atoms with van der Waals surface area (Å²) in [5.41, 5.74) is 0.360. The van der Waals surface area contributed by atoms with Gasteiger partial charge >= 0.3 is 0 Å². The number of aliphatic hydroxyl groups excluding tert-OH is 1. The molecule has 1 heteroatoms. The molecule has 0 heterocycles. The van der Waals surface area contributed by atoms with Crippen LogP contribution in [0.2, 0.25) is 0 Å². The Morgan fingerprint density at radius 2 is 1.73 bits per heavy atom. The van der Waals surface area contributed by atoms with Gasteiger partial charge in [0, 0.05) is 6.61 Å². The van der Waals surface area contributed by atoms with Gasteiger partial charge in [-0.15, -0.1) is 0 Å². The fourth-order valence-electron chi connectivity index (χ4n) is 1.51. The minimum absolute atomic E-state index is 0.335. The Morgan fingerprint density at radius 1 is 1.18 bits per heavy atom. The van der Waals surface area contributed by atoms with Gasteiger partial charge in [-0.05, 0) is 17.8 Å². The van der Waals surface area contributed by atoms with Gasteiger partial charge in [0.2, 0.25) is 0 Å². The largest absolute Gasteiger partial charge is 0.396 e. The van der Waals surface area contributed by atoms with Crippen LogP contribution in [0.4, 0.5) is 0 Å². The number of hydrogen-bond acceptors (Lipinski definition) is 1. The average molecular weight is 158 g/mol. The first-order valence-corrected chi connectivity index (χ1v) is 4.63. The summed E-state index contributed by atoms with van der Waals surface area (Å²) in [5.74, 6) is 0.678. The second-order valence-corrected chi connectivity index (χ2v) is 4.36. The van der Waals surface area contributed by atoms with E-state index in [4.69, 9.17) is 5.11 Å². The molecular weight excluding hydrogens is 136 g/mol. The molecule has 68 valence electrons. The standard InChI is InChI=1S/C10H22O/c1-5-6-9(7-8-11)10(2,3)4/h9,11H,5-8H2,1-4H3/t9-/m1/s1. The van der Waals surface area contributed by atoms with Crippen molar-refractivity contribution in [2.45, 2.75) is 47.0 Å². The van der Waals surface area contributed by atoms with Crippen LogP contribution in [0.1, 0.15) is 47.0 Å². The Labute approximate surface area is 70.8 Å². The smallest absolute Gasteiger partial charge is 0.0433 e. The highest BCUT2D eigenvalue weighted by Gasteiger charge is 2.22. The van der Waals surface area contributed by atoms with Gasteiger partial charge in [-0.3, -0.25) is 0 Å². The van der Waals surface area contributed by atoms with Crippen LogP contribution in [0.5, 0.6) is 0 Å². The van der Waals surface area contributed by atoms with E-state index in [0.29, 0.717) is 17.9 Å². The van der Waals surface area contributed by atoms with Crippen LogP contribution < -0.4 is 0 Å². The van der Waals surface area contributed by atoms with Crippen molar-refractivity contribution in [2.75, 3.05) is 6.61 Å². The summed E-state index contributed by atoms with van der Waals surface area (Å²) in [6.07, 6.45) is 3.42. The van der Waals surface area contributed by atoms with E-state index in [0.717, 1.165) is 6.42 Å². The van der Waals surface area contributed by atoms with E-state index >= 15 is 0 Å². The maximum Gasteiger partial charge on any atom is 0.0433 e. The predicted molar refractivity (Wildman–Crippen MR) is 49.6 cm³/mol. The fourth-order valence-corrected chi connectivity index (χ4v) is 1.51. The molecule has 1 atom stereocenters. The fraction of sp³-hybridized carbons (Fsp3) is 1.00. The lowest BCUT2D eigenvalue weighted by Crippen LogP contribution is -2.21. The summed E-state index contributed by atoms with van der Waals surface area (Å²) in [5, 5.41) is 8.83. The molecule has 0 spiro atoms. The van der Waals surface area contributed by atoms with E-state index in [9.17, 15) is 0 Å². The van der Waals surface area contributed by atoms with Crippen molar-refractivity contribution >= 4 is 0 Å². The Morgan fingerprint density at radius 3 is 2.00 bits per heavy atom. The van der Waals surface area contributed by atoms with Crippen LogP contribution >= 0.6 is 0 Å². The molecule has 1 N–H and O–H groups in total. The second-order valence-electron chi connectivity index (χ2n) is 4.36. The van der Waals surface area contributed by atoms with Gasteiger partial charge in [-0.1, -0.05) is 40.5 Å². The SMILES string of the molecule is CCC[C@H](CCO)C(C)(C)C. The third-order valence-electron chi connectivity index (χ3n) is 2.34. The molecule has 0 aliphatic carbocycles. The van der Waals surface area contributed by atoms with Crippen LogP contribution in [0.3, 0.4) is 0 Å². The Kier molecular flexibility index (Phi) is 4.74. The molecule has 0 radical (unpaired) electrons. The molecule has 0 aromatic rings. The lowest BCUT2D eigenvalue weighted by atomic mass is 9.76. The van der Waals surface area contributed by atoms with E-state index < -0.39 is 0 Å². The van der Waals surface area contributed by atoms with Gasteiger partial charge < -0.3 is 5.11 Å². The summed E-state index contributed by atoms with van der Waals surface area (Å²) in [4.78, 5) is 0. The molecule has 0 saturated carbocycles. The van der Waals surface area contributed by atoms with Crippen LogP contribution in [0, 0.1) is 11.3 Å². The molecule has 0 aliphatic rings. The van der Waals surface area contributed by atoms with Crippen molar-refractivity contribution in [2.24, 2.45) is 11.3 Å². The molecule has 0 fully saturated rings. The van der Waals surface area contributed by atoms with Gasteiger partial charge in [0.1, 0.15) is 0 Å². The highest BCUT2D eigenvalue weighted by atomic mass is 16.3. The molecule has 0 unspecified atom stereocenters. The van der Waals surface area contributed by atoms with Crippen LogP contribution in [0.15, 0.2) is 0 Å². The van der Waals surface area contributed by atoms with Gasteiger partial charge in [-0.2, -0.15) is 0 Å². The first-order valence-electron chi connectivity index (χ1n) is 4.63. The number of rotatable bonds is 4. The van der Waals surface area contributed by atoms with Gasteiger partial charge in [0.25, 0.3) is 0 Å². The molecule has 0 aliphatic heterocycles. The summed E-state index contributed by atoms with van der Waals surface area (Å²) in [6, 6.07) is 0. The zero-order valence-corrected chi connectivity index (χ0v) is 8.35. The minimum Gasteiger partial charge on any atom is -0.396 e. The summed E-state index contributed by atoms with van der Waals surface area (Å²) in [6.45, 7) is 9.30. The van der Waals surface area contributed by atoms with E-state index in [1.165, 1.54) is 12.8 Å². The Balaban J connectivity index is 3.88. The van der Waals surface area contributed by atoms with Crippen LogP contribution in [0.25, 0.3) is 0 Å². The van der Waals surface area contributed by atoms with Crippen LogP contribution in [-0.2, 0) is 0 Å². The van der Waals surface area contributed by atoms with Gasteiger partial charge in [-0.25, -0.2) is 0 Å². The lowest BCUT2D eigenvalue weighted by molar-refractivity contribution is 0.164. The number of aliphatic hydroxyl groups is 1. The number of hydrogen-bond donors (Lipinski definition) is 1. The molecule has 0 aromatic heterocycles. The summed E-state index contributed by atoms with van der Waals surface area (Å²) < 4.78 is 0. The molecule has 0 aromatic carbocycles. The molecule has 0 bridgehead atoms. The first-order chi connectivity index (χ1) is 5.02. The highest BCUT2D eigenvalue weighted by molar-refractivity contribution is 4.73. The van der Waals surface area contributed by atoms with Crippen LogP contribution in [-0.4, -0.2) is 11.7 Å². The van der Waals surface area contributed by atoms with E-state index in [2.05, 4.69) is 27.7 Å². The van der Waals surface area contributed by atoms with Crippen molar-refractivity contribution in [1.29, 1.82) is 0 Å². The summed E-state index contributed by atoms with van der Waals surface area (Å²) in [7, 11) is 0. The second kappa shape index (κ2) is 4.76. The van der Waals surface area contributed by atoms with Gasteiger partial charge in [0.15, 0.2) is 0 Å². The third-order valence-corrected chi connectivity index (χ3v) is 2.34. The summed E-state index contributed by atoms with van der Waals surface area (Å²) >= 11 is 0. The lowest BCUT2D eigenvalue weighted by Gasteiger charge is -2.29. The van der Waals surface area contributed by atoms with Crippen molar-refractivity contribution in [3.8, 4) is 0 Å². The molecule has 11 heavy (non-hydrogen) atoms. The third kappa shape index (κ3) is 4.41. The normalized spacial score (nSPS) is 15.0. The van der Waals surface area contributed by atoms with Gasteiger partial charge in [0.05, 0.1) is 0 Å². The molecule has 1 nitrogen and oxygen atoms in total. The van der Waals surface area contributed by atoms with E-state index in [1.54, 1.807) is 0 Å². The van der Waals surface area contributed by atoms with Crippen molar-refractivity contribution in [3.63, 3.8) is 0 Å². The first kappa shape index (κ1) is 11.0. The molecule has 0 amide bonds. The maximum atomic E-state index is 8.83.